The van der Waals surface area contributed by atoms with Crippen LogP contribution < -0.4 is 0 Å². The van der Waals surface area contributed by atoms with Gasteiger partial charge in [0.25, 0.3) is 0 Å². The van der Waals surface area contributed by atoms with Crippen LogP contribution in [0.4, 0.5) is 0 Å². The summed E-state index contributed by atoms with van der Waals surface area (Å²) in [6.07, 6.45) is 94.9. The van der Waals surface area contributed by atoms with Crippen LogP contribution in [0.1, 0.15) is 412 Å². The fraction of sp³-hybridized carbons (Fsp3) is 0.893. The second-order valence-electron chi connectivity index (χ2n) is 25.0. The number of aliphatic hydroxyl groups is 1. The molecule has 0 saturated heterocycles. The van der Waals surface area contributed by atoms with Crippen LogP contribution in [-0.4, -0.2) is 36.4 Å². The van der Waals surface area contributed by atoms with Gasteiger partial charge in [0.15, 0.2) is 6.10 Å². The van der Waals surface area contributed by atoms with Gasteiger partial charge in [-0.3, -0.25) is 9.59 Å². The van der Waals surface area contributed by atoms with Crippen LogP contribution in [0, 0.1) is 0 Å². The van der Waals surface area contributed by atoms with Gasteiger partial charge < -0.3 is 14.6 Å². The van der Waals surface area contributed by atoms with Crippen LogP contribution in [0.25, 0.3) is 0 Å². The molecule has 0 bridgehead atoms. The molecule has 0 spiro atoms. The van der Waals surface area contributed by atoms with Gasteiger partial charge in [0, 0.05) is 12.8 Å². The number of carbonyl (C=O) groups excluding carboxylic acids is 2. The highest BCUT2D eigenvalue weighted by molar-refractivity contribution is 5.70. The van der Waals surface area contributed by atoms with Crippen molar-refractivity contribution < 1.29 is 24.2 Å². The Labute approximate surface area is 501 Å². The highest BCUT2D eigenvalue weighted by atomic mass is 16.6. The number of hydrogen-bond acceptors (Lipinski definition) is 5. The zero-order valence-corrected chi connectivity index (χ0v) is 54.4. The molecule has 1 unspecified atom stereocenters. The van der Waals surface area contributed by atoms with Crippen molar-refractivity contribution in [1.82, 2.24) is 0 Å². The Morgan fingerprint density at radius 1 is 0.287 bits per heavy atom. The number of aliphatic hydroxyl groups excluding tert-OH is 1. The Kier molecular flexibility index (Phi) is 69.7. The monoisotopic (exact) mass is 1120 g/mol. The predicted molar refractivity (Wildman–Crippen MR) is 353 cm³/mol. The lowest BCUT2D eigenvalue weighted by molar-refractivity contribution is -0.161. The summed E-state index contributed by atoms with van der Waals surface area (Å²) in [5, 5.41) is 9.71. The lowest BCUT2D eigenvalue weighted by Gasteiger charge is -2.15. The molecule has 1 atom stereocenters. The van der Waals surface area contributed by atoms with Gasteiger partial charge in [-0.25, -0.2) is 0 Å². The summed E-state index contributed by atoms with van der Waals surface area (Å²) in [5.74, 6) is -0.565. The van der Waals surface area contributed by atoms with Crippen molar-refractivity contribution in [2.24, 2.45) is 0 Å². The van der Waals surface area contributed by atoms with Crippen LogP contribution in [0.3, 0.4) is 0 Å². The minimum Gasteiger partial charge on any atom is -0.462 e. The van der Waals surface area contributed by atoms with Gasteiger partial charge in [0.2, 0.25) is 0 Å². The Hall–Kier alpha value is -1.88. The molecule has 0 aromatic heterocycles. The Morgan fingerprint density at radius 3 is 0.750 bits per heavy atom. The van der Waals surface area contributed by atoms with Gasteiger partial charge in [-0.05, 0) is 70.6 Å². The lowest BCUT2D eigenvalue weighted by atomic mass is 10.0. The van der Waals surface area contributed by atoms with Gasteiger partial charge in [-0.15, -0.1) is 0 Å². The molecule has 5 nitrogen and oxygen atoms in total. The molecule has 0 aliphatic carbocycles. The highest BCUT2D eigenvalue weighted by Gasteiger charge is 2.16. The first kappa shape index (κ1) is 78.1. The first-order valence-corrected chi connectivity index (χ1v) is 36.5. The van der Waals surface area contributed by atoms with E-state index in [2.05, 4.69) is 50.3 Å². The number of unbranched alkanes of at least 4 members (excludes halogenated alkanes) is 55. The summed E-state index contributed by atoms with van der Waals surface area (Å²) in [4.78, 5) is 24.7. The van der Waals surface area contributed by atoms with Crippen molar-refractivity contribution in [3.05, 3.63) is 36.5 Å². The molecule has 5 heteroatoms. The van der Waals surface area contributed by atoms with Gasteiger partial charge in [0.05, 0.1) is 6.61 Å². The van der Waals surface area contributed by atoms with Gasteiger partial charge in [-0.2, -0.15) is 0 Å². The number of rotatable bonds is 69. The summed E-state index contributed by atoms with van der Waals surface area (Å²) in [5.41, 5.74) is 0. The Morgan fingerprint density at radius 2 is 0.500 bits per heavy atom. The van der Waals surface area contributed by atoms with Crippen molar-refractivity contribution >= 4 is 11.9 Å². The minimum absolute atomic E-state index is 0.0589. The third-order valence-electron chi connectivity index (χ3n) is 16.9. The molecule has 0 aliphatic rings. The normalized spacial score (nSPS) is 12.3. The highest BCUT2D eigenvalue weighted by Crippen LogP contribution is 2.19. The number of esters is 2. The lowest BCUT2D eigenvalue weighted by Crippen LogP contribution is -2.28. The maximum Gasteiger partial charge on any atom is 0.306 e. The summed E-state index contributed by atoms with van der Waals surface area (Å²) >= 11 is 0. The SMILES string of the molecule is CCCCCCC/C=C\C/C=C\CCCCCCCCCCCCCCCCCCCCCCCCCCCCCC(=O)OC(CO)COC(=O)CCCCCCCCCCCCCCCCC/C=C\CCCCCCCCCC. The topological polar surface area (TPSA) is 72.8 Å². The van der Waals surface area contributed by atoms with Gasteiger partial charge >= 0.3 is 11.9 Å². The van der Waals surface area contributed by atoms with E-state index in [0.717, 1.165) is 44.9 Å². The van der Waals surface area contributed by atoms with Crippen molar-refractivity contribution in [1.29, 1.82) is 0 Å². The van der Waals surface area contributed by atoms with Gasteiger partial charge in [-0.1, -0.05) is 365 Å². The molecule has 0 rings (SSSR count). The average Bonchev–Trinajstić information content (AvgIpc) is 3.46. The summed E-state index contributed by atoms with van der Waals surface area (Å²) in [7, 11) is 0. The van der Waals surface area contributed by atoms with Crippen molar-refractivity contribution in [3.63, 3.8) is 0 Å². The molecule has 0 heterocycles. The minimum atomic E-state index is -0.769. The van der Waals surface area contributed by atoms with Crippen LogP contribution in [0.2, 0.25) is 0 Å². The van der Waals surface area contributed by atoms with E-state index >= 15 is 0 Å². The fourth-order valence-electron chi connectivity index (χ4n) is 11.4. The zero-order chi connectivity index (χ0) is 57.6. The van der Waals surface area contributed by atoms with Crippen LogP contribution >= 0.6 is 0 Å². The van der Waals surface area contributed by atoms with Crippen LogP contribution in [-0.2, 0) is 19.1 Å². The zero-order valence-electron chi connectivity index (χ0n) is 54.4. The molecule has 472 valence electrons. The van der Waals surface area contributed by atoms with Crippen molar-refractivity contribution in [2.45, 2.75) is 418 Å². The van der Waals surface area contributed by atoms with Gasteiger partial charge in [0.1, 0.15) is 6.61 Å². The van der Waals surface area contributed by atoms with E-state index in [1.54, 1.807) is 0 Å². The Bertz CT molecular complexity index is 1270. The molecule has 80 heavy (non-hydrogen) atoms. The fourth-order valence-corrected chi connectivity index (χ4v) is 11.4. The largest absolute Gasteiger partial charge is 0.462 e. The molecule has 0 saturated carbocycles. The molecule has 0 aliphatic heterocycles. The van der Waals surface area contributed by atoms with E-state index in [4.69, 9.17) is 9.47 Å². The second-order valence-corrected chi connectivity index (χ2v) is 25.0. The van der Waals surface area contributed by atoms with E-state index in [1.807, 2.05) is 0 Å². The second kappa shape index (κ2) is 71.4. The number of hydrogen-bond donors (Lipinski definition) is 1. The predicted octanol–water partition coefficient (Wildman–Crippen LogP) is 25.3. The third-order valence-corrected chi connectivity index (χ3v) is 16.9. The molecule has 0 amide bonds. The smallest absolute Gasteiger partial charge is 0.306 e. The molecule has 0 aromatic carbocycles. The summed E-state index contributed by atoms with van der Waals surface area (Å²) in [6, 6.07) is 0. The third kappa shape index (κ3) is 68.6. The van der Waals surface area contributed by atoms with Crippen molar-refractivity contribution in [2.75, 3.05) is 13.2 Å². The molecule has 0 radical (unpaired) electrons. The molecular weight excluding hydrogens is 981 g/mol. The maximum absolute atomic E-state index is 12.4. The van der Waals surface area contributed by atoms with E-state index in [0.29, 0.717) is 12.8 Å². The molecule has 0 fully saturated rings. The van der Waals surface area contributed by atoms with E-state index in [-0.39, 0.29) is 25.2 Å². The summed E-state index contributed by atoms with van der Waals surface area (Å²) < 4.78 is 10.8. The molecule has 1 N–H and O–H groups in total. The summed E-state index contributed by atoms with van der Waals surface area (Å²) in [6.45, 7) is 4.19. The van der Waals surface area contributed by atoms with E-state index in [9.17, 15) is 14.7 Å². The first-order valence-electron chi connectivity index (χ1n) is 36.5. The van der Waals surface area contributed by atoms with Crippen molar-refractivity contribution in [3.8, 4) is 0 Å². The number of allylic oxidation sites excluding steroid dienone is 6. The van der Waals surface area contributed by atoms with E-state index < -0.39 is 6.10 Å². The quantitative estimate of drug-likeness (QED) is 0.0373. The van der Waals surface area contributed by atoms with Crippen LogP contribution in [0.5, 0.6) is 0 Å². The Balaban J connectivity index is 3.37. The van der Waals surface area contributed by atoms with Crippen LogP contribution in [0.15, 0.2) is 36.5 Å². The molecule has 0 aromatic rings. The molecular formula is C75H142O5. The number of carbonyl (C=O) groups is 2. The standard InChI is InChI=1S/C75H142O5/c1-3-5-7-9-11-13-15-17-19-21-23-25-27-29-31-32-33-34-35-36-37-38-39-40-41-42-44-46-48-50-52-54-56-58-60-62-64-66-68-70-75(78)80-73(71-76)72-79-74(77)69-67-65-63-61-59-57-55-53-51-49-47-45-43-30-28-26-24-22-20-18-16-14-12-10-8-6-4-2/h15,17,21-24,73,76H,3-14,16,18-20,25-72H2,1-2H3/b17-15-,23-21-,24-22-. The van der Waals surface area contributed by atoms with E-state index in [1.165, 1.54) is 340 Å². The first-order chi connectivity index (χ1) is 39.6. The number of ether oxygens (including phenoxy) is 2. The average molecular weight is 1120 g/mol. The maximum atomic E-state index is 12.4.